The number of imidazole rings is 1. The third kappa shape index (κ3) is 2.85. The molecule has 4 nitrogen and oxygen atoms in total. The van der Waals surface area contributed by atoms with Crippen LogP contribution < -0.4 is 0 Å². The van der Waals surface area contributed by atoms with E-state index in [2.05, 4.69) is 37.7 Å². The first-order valence-corrected chi connectivity index (χ1v) is 8.24. The summed E-state index contributed by atoms with van der Waals surface area (Å²) in [6, 6.07) is 2.03. The minimum atomic E-state index is 0.518. The van der Waals surface area contributed by atoms with Gasteiger partial charge in [-0.3, -0.25) is 9.47 Å². The van der Waals surface area contributed by atoms with Crippen LogP contribution in [-0.4, -0.2) is 32.5 Å². The molecular formula is C14H18BrClN4. The fourth-order valence-electron chi connectivity index (χ4n) is 2.97. The summed E-state index contributed by atoms with van der Waals surface area (Å²) in [7, 11) is 0. The Labute approximate surface area is 132 Å². The summed E-state index contributed by atoms with van der Waals surface area (Å²) in [5, 5.41) is 0.518. The standard InChI is InChI=1S/C14H18BrClN4/c1-2-3-10-4-5-19(8-10)9-20-12-6-11(15)7-17-13(12)18-14(20)16/h6-7,10H,2-5,8-9H2,1H3. The van der Waals surface area contributed by atoms with E-state index in [1.54, 1.807) is 6.20 Å². The normalized spacial score (nSPS) is 20.1. The molecule has 2 aromatic heterocycles. The minimum absolute atomic E-state index is 0.518. The van der Waals surface area contributed by atoms with Gasteiger partial charge in [0.2, 0.25) is 5.28 Å². The summed E-state index contributed by atoms with van der Waals surface area (Å²) in [5.74, 6) is 0.832. The van der Waals surface area contributed by atoms with Crippen molar-refractivity contribution in [2.75, 3.05) is 13.1 Å². The summed E-state index contributed by atoms with van der Waals surface area (Å²) >= 11 is 9.72. The van der Waals surface area contributed by atoms with E-state index in [1.165, 1.54) is 19.3 Å². The van der Waals surface area contributed by atoms with E-state index in [9.17, 15) is 0 Å². The number of pyridine rings is 1. The second-order valence-corrected chi connectivity index (χ2v) is 6.72. The summed E-state index contributed by atoms with van der Waals surface area (Å²) in [4.78, 5) is 11.1. The van der Waals surface area contributed by atoms with Crippen molar-refractivity contribution in [3.8, 4) is 0 Å². The molecule has 1 saturated heterocycles. The Morgan fingerprint density at radius 1 is 1.50 bits per heavy atom. The van der Waals surface area contributed by atoms with Gasteiger partial charge in [-0.05, 0) is 52.4 Å². The maximum atomic E-state index is 6.27. The van der Waals surface area contributed by atoms with Crippen LogP contribution in [0.25, 0.3) is 11.2 Å². The number of likely N-dealkylation sites (tertiary alicyclic amines) is 1. The molecule has 1 unspecified atom stereocenters. The third-order valence-electron chi connectivity index (χ3n) is 3.93. The minimum Gasteiger partial charge on any atom is -0.299 e. The molecule has 3 heterocycles. The van der Waals surface area contributed by atoms with Gasteiger partial charge in [0.15, 0.2) is 5.65 Å². The van der Waals surface area contributed by atoms with Crippen LogP contribution in [0.5, 0.6) is 0 Å². The molecule has 0 N–H and O–H groups in total. The molecule has 2 aromatic rings. The number of hydrogen-bond donors (Lipinski definition) is 0. The Morgan fingerprint density at radius 2 is 2.35 bits per heavy atom. The van der Waals surface area contributed by atoms with E-state index in [4.69, 9.17) is 11.6 Å². The predicted molar refractivity (Wildman–Crippen MR) is 84.8 cm³/mol. The Bertz CT molecular complexity index is 612. The summed E-state index contributed by atoms with van der Waals surface area (Å²) in [6.45, 7) is 5.35. The lowest BCUT2D eigenvalue weighted by molar-refractivity contribution is 0.261. The molecule has 0 amide bonds. The number of fused-ring (bicyclic) bond motifs is 1. The molecule has 0 aliphatic carbocycles. The third-order valence-corrected chi connectivity index (χ3v) is 4.66. The monoisotopic (exact) mass is 356 g/mol. The molecule has 0 aromatic carbocycles. The largest absolute Gasteiger partial charge is 0.299 e. The van der Waals surface area contributed by atoms with Gasteiger partial charge < -0.3 is 0 Å². The highest BCUT2D eigenvalue weighted by molar-refractivity contribution is 9.10. The van der Waals surface area contributed by atoms with Crippen molar-refractivity contribution < 1.29 is 0 Å². The van der Waals surface area contributed by atoms with Crippen LogP contribution in [0.15, 0.2) is 16.7 Å². The highest BCUT2D eigenvalue weighted by atomic mass is 79.9. The molecule has 0 bridgehead atoms. The second kappa shape index (κ2) is 6.00. The van der Waals surface area contributed by atoms with E-state index in [1.807, 2.05) is 10.6 Å². The number of aromatic nitrogens is 3. The molecule has 1 aliphatic heterocycles. The van der Waals surface area contributed by atoms with Crippen LogP contribution in [0.1, 0.15) is 26.2 Å². The van der Waals surface area contributed by atoms with Crippen LogP contribution in [0, 0.1) is 5.92 Å². The van der Waals surface area contributed by atoms with Crippen molar-refractivity contribution in [3.63, 3.8) is 0 Å². The SMILES string of the molecule is CCCC1CCN(Cn2c(Cl)nc3ncc(Br)cc32)C1. The van der Waals surface area contributed by atoms with Crippen molar-refractivity contribution in [1.82, 2.24) is 19.4 Å². The number of hydrogen-bond acceptors (Lipinski definition) is 3. The molecule has 3 rings (SSSR count). The van der Waals surface area contributed by atoms with Crippen LogP contribution in [-0.2, 0) is 6.67 Å². The molecule has 0 spiro atoms. The maximum Gasteiger partial charge on any atom is 0.206 e. The van der Waals surface area contributed by atoms with Gasteiger partial charge in [-0.25, -0.2) is 4.98 Å². The topological polar surface area (TPSA) is 34.0 Å². The molecular weight excluding hydrogens is 340 g/mol. The molecule has 1 fully saturated rings. The van der Waals surface area contributed by atoms with Crippen LogP contribution in [0.2, 0.25) is 5.28 Å². The molecule has 0 radical (unpaired) electrons. The summed E-state index contributed by atoms with van der Waals surface area (Å²) in [5.41, 5.74) is 1.70. The molecule has 0 saturated carbocycles. The van der Waals surface area contributed by atoms with Gasteiger partial charge in [-0.1, -0.05) is 13.3 Å². The van der Waals surface area contributed by atoms with Crippen molar-refractivity contribution >= 4 is 38.7 Å². The average molecular weight is 358 g/mol. The first-order valence-electron chi connectivity index (χ1n) is 7.07. The fraction of sp³-hybridized carbons (Fsp3) is 0.571. The van der Waals surface area contributed by atoms with Crippen LogP contribution in [0.4, 0.5) is 0 Å². The fourth-order valence-corrected chi connectivity index (χ4v) is 3.52. The van der Waals surface area contributed by atoms with Crippen molar-refractivity contribution in [3.05, 3.63) is 22.0 Å². The van der Waals surface area contributed by atoms with Crippen molar-refractivity contribution in [1.29, 1.82) is 0 Å². The predicted octanol–water partition coefficient (Wildman–Crippen LogP) is 3.93. The van der Waals surface area contributed by atoms with E-state index in [0.29, 0.717) is 10.9 Å². The van der Waals surface area contributed by atoms with Gasteiger partial charge in [-0.15, -0.1) is 0 Å². The lowest BCUT2D eigenvalue weighted by atomic mass is 10.0. The quantitative estimate of drug-likeness (QED) is 0.831. The van der Waals surface area contributed by atoms with Crippen LogP contribution in [0.3, 0.4) is 0 Å². The Hall–Kier alpha value is -0.650. The molecule has 6 heteroatoms. The zero-order chi connectivity index (χ0) is 14.1. The zero-order valence-corrected chi connectivity index (χ0v) is 13.9. The summed E-state index contributed by atoms with van der Waals surface area (Å²) < 4.78 is 3.00. The number of halogens is 2. The highest BCUT2D eigenvalue weighted by Gasteiger charge is 2.23. The van der Waals surface area contributed by atoms with Gasteiger partial charge in [0.25, 0.3) is 0 Å². The van der Waals surface area contributed by atoms with E-state index in [0.717, 1.165) is 35.7 Å². The Morgan fingerprint density at radius 3 is 3.15 bits per heavy atom. The molecule has 1 aliphatic rings. The van der Waals surface area contributed by atoms with E-state index >= 15 is 0 Å². The highest BCUT2D eigenvalue weighted by Crippen LogP contribution is 2.25. The van der Waals surface area contributed by atoms with Gasteiger partial charge in [-0.2, -0.15) is 4.98 Å². The van der Waals surface area contributed by atoms with Crippen molar-refractivity contribution in [2.24, 2.45) is 5.92 Å². The van der Waals surface area contributed by atoms with Crippen LogP contribution >= 0.6 is 27.5 Å². The van der Waals surface area contributed by atoms with Crippen molar-refractivity contribution in [2.45, 2.75) is 32.9 Å². The number of rotatable bonds is 4. The maximum absolute atomic E-state index is 6.27. The first-order chi connectivity index (χ1) is 9.67. The molecule has 20 heavy (non-hydrogen) atoms. The van der Waals surface area contributed by atoms with E-state index in [-0.39, 0.29) is 0 Å². The molecule has 108 valence electrons. The first kappa shape index (κ1) is 14.3. The van der Waals surface area contributed by atoms with Gasteiger partial charge in [0.05, 0.1) is 12.2 Å². The second-order valence-electron chi connectivity index (χ2n) is 5.47. The van der Waals surface area contributed by atoms with Gasteiger partial charge in [0, 0.05) is 23.8 Å². The number of nitrogens with zero attached hydrogens (tertiary/aromatic N) is 4. The lowest BCUT2D eigenvalue weighted by Crippen LogP contribution is -2.24. The summed E-state index contributed by atoms with van der Waals surface area (Å²) in [6.07, 6.45) is 5.63. The Kier molecular flexibility index (Phi) is 4.29. The molecule has 1 atom stereocenters. The lowest BCUT2D eigenvalue weighted by Gasteiger charge is -2.17. The zero-order valence-electron chi connectivity index (χ0n) is 11.5. The van der Waals surface area contributed by atoms with E-state index < -0.39 is 0 Å². The van der Waals surface area contributed by atoms with Gasteiger partial charge in [0.1, 0.15) is 0 Å². The Balaban J connectivity index is 1.81. The smallest absolute Gasteiger partial charge is 0.206 e. The average Bonchev–Trinajstić information content (AvgIpc) is 2.97. The van der Waals surface area contributed by atoms with Gasteiger partial charge >= 0.3 is 0 Å².